The number of carbonyl (C=O) groups excluding carboxylic acids is 1. The van der Waals surface area contributed by atoms with Crippen LogP contribution in [0, 0.1) is 0 Å². The van der Waals surface area contributed by atoms with Crippen molar-refractivity contribution >= 4 is 11.6 Å². The zero-order valence-electron chi connectivity index (χ0n) is 12.9. The van der Waals surface area contributed by atoms with Crippen molar-refractivity contribution in [2.75, 3.05) is 5.32 Å². The predicted octanol–water partition coefficient (Wildman–Crippen LogP) is 3.33. The highest BCUT2D eigenvalue weighted by Crippen LogP contribution is 2.23. The fourth-order valence-corrected chi connectivity index (χ4v) is 2.07. The maximum absolute atomic E-state index is 12.2. The number of benzene rings is 1. The molecular weight excluding hydrogens is 278 g/mol. The van der Waals surface area contributed by atoms with E-state index in [1.165, 1.54) is 0 Å². The second-order valence-corrected chi connectivity index (χ2v) is 5.42. The van der Waals surface area contributed by atoms with Crippen LogP contribution in [0.3, 0.4) is 0 Å². The number of pyridine rings is 1. The third-order valence-electron chi connectivity index (χ3n) is 3.24. The summed E-state index contributed by atoms with van der Waals surface area (Å²) in [6.07, 6.45) is 3.14. The van der Waals surface area contributed by atoms with Gasteiger partial charge in [-0.05, 0) is 31.5 Å². The SMILES string of the molecule is CCCC(C)(N)C(=O)Nc1cccc(Oc2ccccn2)c1. The average Bonchev–Trinajstić information content (AvgIpc) is 2.48. The molecule has 0 saturated carbocycles. The maximum atomic E-state index is 12.2. The van der Waals surface area contributed by atoms with E-state index in [0.29, 0.717) is 23.7 Å². The van der Waals surface area contributed by atoms with Crippen LogP contribution in [0.2, 0.25) is 0 Å². The molecule has 1 atom stereocenters. The highest BCUT2D eigenvalue weighted by Gasteiger charge is 2.27. The quantitative estimate of drug-likeness (QED) is 0.857. The lowest BCUT2D eigenvalue weighted by Gasteiger charge is -2.22. The molecule has 1 amide bonds. The molecule has 5 nitrogen and oxygen atoms in total. The first-order valence-corrected chi connectivity index (χ1v) is 7.30. The Hall–Kier alpha value is -2.40. The number of nitrogens with zero attached hydrogens (tertiary/aromatic N) is 1. The molecule has 0 aliphatic rings. The van der Waals surface area contributed by atoms with Crippen molar-refractivity contribution in [1.29, 1.82) is 0 Å². The van der Waals surface area contributed by atoms with E-state index in [1.807, 2.05) is 25.1 Å². The van der Waals surface area contributed by atoms with E-state index in [1.54, 1.807) is 37.4 Å². The number of hydrogen-bond donors (Lipinski definition) is 2. The summed E-state index contributed by atoms with van der Waals surface area (Å²) in [4.78, 5) is 16.3. The van der Waals surface area contributed by atoms with Gasteiger partial charge >= 0.3 is 0 Å². The Morgan fingerprint density at radius 2 is 2.14 bits per heavy atom. The molecule has 1 heterocycles. The molecule has 0 radical (unpaired) electrons. The highest BCUT2D eigenvalue weighted by atomic mass is 16.5. The van der Waals surface area contributed by atoms with Gasteiger partial charge in [0.1, 0.15) is 5.75 Å². The number of aromatic nitrogens is 1. The van der Waals surface area contributed by atoms with Crippen molar-refractivity contribution in [3.8, 4) is 11.6 Å². The van der Waals surface area contributed by atoms with E-state index in [-0.39, 0.29) is 5.91 Å². The van der Waals surface area contributed by atoms with Crippen LogP contribution >= 0.6 is 0 Å². The number of amides is 1. The van der Waals surface area contributed by atoms with Crippen molar-refractivity contribution in [2.45, 2.75) is 32.2 Å². The van der Waals surface area contributed by atoms with Crippen LogP contribution in [0.4, 0.5) is 5.69 Å². The fraction of sp³-hybridized carbons (Fsp3) is 0.294. The van der Waals surface area contributed by atoms with Gasteiger partial charge in [0.2, 0.25) is 11.8 Å². The number of carbonyl (C=O) groups is 1. The lowest BCUT2D eigenvalue weighted by Crippen LogP contribution is -2.48. The summed E-state index contributed by atoms with van der Waals surface area (Å²) >= 11 is 0. The minimum atomic E-state index is -0.882. The molecule has 2 rings (SSSR count). The maximum Gasteiger partial charge on any atom is 0.244 e. The van der Waals surface area contributed by atoms with Crippen LogP contribution in [-0.2, 0) is 4.79 Å². The second kappa shape index (κ2) is 7.04. The lowest BCUT2D eigenvalue weighted by atomic mass is 9.96. The third-order valence-corrected chi connectivity index (χ3v) is 3.24. The Balaban J connectivity index is 2.07. The van der Waals surface area contributed by atoms with Crippen LogP contribution < -0.4 is 15.8 Å². The van der Waals surface area contributed by atoms with Gasteiger partial charge in [0.15, 0.2) is 0 Å². The van der Waals surface area contributed by atoms with Gasteiger partial charge in [-0.25, -0.2) is 4.98 Å². The molecule has 1 aromatic carbocycles. The molecule has 0 bridgehead atoms. The minimum Gasteiger partial charge on any atom is -0.439 e. The molecule has 0 saturated heterocycles. The van der Waals surface area contributed by atoms with E-state index >= 15 is 0 Å². The third kappa shape index (κ3) is 4.30. The van der Waals surface area contributed by atoms with Gasteiger partial charge in [-0.15, -0.1) is 0 Å². The smallest absolute Gasteiger partial charge is 0.244 e. The summed E-state index contributed by atoms with van der Waals surface area (Å²) in [5.41, 5.74) is 5.79. The molecule has 22 heavy (non-hydrogen) atoms. The van der Waals surface area contributed by atoms with Gasteiger partial charge in [-0.3, -0.25) is 4.79 Å². The molecule has 0 aliphatic carbocycles. The van der Waals surface area contributed by atoms with Crippen molar-refractivity contribution in [3.05, 3.63) is 48.7 Å². The van der Waals surface area contributed by atoms with E-state index in [4.69, 9.17) is 10.5 Å². The van der Waals surface area contributed by atoms with Crippen LogP contribution in [-0.4, -0.2) is 16.4 Å². The zero-order chi connectivity index (χ0) is 16.0. The van der Waals surface area contributed by atoms with E-state index < -0.39 is 5.54 Å². The van der Waals surface area contributed by atoms with Gasteiger partial charge in [-0.2, -0.15) is 0 Å². The number of nitrogens with two attached hydrogens (primary N) is 1. The van der Waals surface area contributed by atoms with Crippen LogP contribution in [0.15, 0.2) is 48.7 Å². The van der Waals surface area contributed by atoms with Crippen LogP contribution in [0.5, 0.6) is 11.6 Å². The minimum absolute atomic E-state index is 0.204. The highest BCUT2D eigenvalue weighted by molar-refractivity contribution is 5.97. The molecule has 1 aromatic heterocycles. The first kappa shape index (κ1) is 16.0. The number of anilines is 1. The van der Waals surface area contributed by atoms with E-state index in [0.717, 1.165) is 6.42 Å². The number of rotatable bonds is 6. The lowest BCUT2D eigenvalue weighted by molar-refractivity contribution is -0.120. The first-order valence-electron chi connectivity index (χ1n) is 7.30. The second-order valence-electron chi connectivity index (χ2n) is 5.42. The molecule has 0 aliphatic heterocycles. The Labute approximate surface area is 130 Å². The normalized spacial score (nSPS) is 13.2. The Morgan fingerprint density at radius 1 is 1.32 bits per heavy atom. The Morgan fingerprint density at radius 3 is 2.82 bits per heavy atom. The summed E-state index contributed by atoms with van der Waals surface area (Å²) in [6.45, 7) is 3.74. The standard InChI is InChI=1S/C17H21N3O2/c1-3-10-17(2,18)16(21)20-13-7-6-8-14(12-13)22-15-9-4-5-11-19-15/h4-9,11-12H,3,10,18H2,1-2H3,(H,20,21). The molecule has 3 N–H and O–H groups in total. The predicted molar refractivity (Wildman–Crippen MR) is 86.9 cm³/mol. The van der Waals surface area contributed by atoms with Gasteiger partial charge in [-0.1, -0.05) is 25.5 Å². The topological polar surface area (TPSA) is 77.2 Å². The zero-order valence-corrected chi connectivity index (χ0v) is 12.9. The number of ether oxygens (including phenoxy) is 1. The largest absolute Gasteiger partial charge is 0.439 e. The van der Waals surface area contributed by atoms with Crippen molar-refractivity contribution < 1.29 is 9.53 Å². The van der Waals surface area contributed by atoms with Gasteiger partial charge < -0.3 is 15.8 Å². The summed E-state index contributed by atoms with van der Waals surface area (Å²) in [5.74, 6) is 0.899. The van der Waals surface area contributed by atoms with Crippen LogP contribution in [0.25, 0.3) is 0 Å². The molecule has 0 spiro atoms. The number of hydrogen-bond acceptors (Lipinski definition) is 4. The summed E-state index contributed by atoms with van der Waals surface area (Å²) in [6, 6.07) is 12.6. The summed E-state index contributed by atoms with van der Waals surface area (Å²) in [5, 5.41) is 2.83. The molecule has 2 aromatic rings. The molecule has 5 heteroatoms. The van der Waals surface area contributed by atoms with Crippen LogP contribution in [0.1, 0.15) is 26.7 Å². The summed E-state index contributed by atoms with van der Waals surface area (Å²) < 4.78 is 5.64. The van der Waals surface area contributed by atoms with Gasteiger partial charge in [0.25, 0.3) is 0 Å². The fourth-order valence-electron chi connectivity index (χ4n) is 2.07. The molecular formula is C17H21N3O2. The Bertz CT molecular complexity index is 627. The van der Waals surface area contributed by atoms with E-state index in [9.17, 15) is 4.79 Å². The first-order chi connectivity index (χ1) is 10.5. The monoisotopic (exact) mass is 299 g/mol. The van der Waals surface area contributed by atoms with Crippen molar-refractivity contribution in [3.63, 3.8) is 0 Å². The molecule has 116 valence electrons. The number of nitrogens with one attached hydrogen (secondary N) is 1. The van der Waals surface area contributed by atoms with Gasteiger partial charge in [0, 0.05) is 24.0 Å². The molecule has 1 unspecified atom stereocenters. The average molecular weight is 299 g/mol. The Kier molecular flexibility index (Phi) is 5.12. The van der Waals surface area contributed by atoms with Gasteiger partial charge in [0.05, 0.1) is 5.54 Å². The molecule has 0 fully saturated rings. The van der Waals surface area contributed by atoms with Crippen molar-refractivity contribution in [2.24, 2.45) is 5.73 Å². The van der Waals surface area contributed by atoms with E-state index in [2.05, 4.69) is 10.3 Å². The van der Waals surface area contributed by atoms with Crippen molar-refractivity contribution in [1.82, 2.24) is 4.98 Å². The summed E-state index contributed by atoms with van der Waals surface area (Å²) in [7, 11) is 0.